The SMILES string of the molecule is CC(NC(=O)c1ccc(Cl)cc1)C(=O)NCc1ccc(Cl)cc1Cl. The van der Waals surface area contributed by atoms with E-state index in [2.05, 4.69) is 10.6 Å². The zero-order valence-electron chi connectivity index (χ0n) is 12.8. The summed E-state index contributed by atoms with van der Waals surface area (Å²) in [5.74, 6) is -0.665. The average molecular weight is 386 g/mol. The summed E-state index contributed by atoms with van der Waals surface area (Å²) in [7, 11) is 0. The largest absolute Gasteiger partial charge is 0.350 e. The van der Waals surface area contributed by atoms with E-state index in [1.54, 1.807) is 49.4 Å². The molecule has 0 heterocycles. The van der Waals surface area contributed by atoms with Gasteiger partial charge in [-0.3, -0.25) is 9.59 Å². The summed E-state index contributed by atoms with van der Waals surface area (Å²) < 4.78 is 0. The molecular weight excluding hydrogens is 371 g/mol. The zero-order valence-corrected chi connectivity index (χ0v) is 15.0. The molecule has 126 valence electrons. The van der Waals surface area contributed by atoms with Gasteiger partial charge in [-0.15, -0.1) is 0 Å². The molecular formula is C17H15Cl3N2O2. The molecule has 2 aromatic rings. The first kappa shape index (κ1) is 18.6. The molecule has 0 fully saturated rings. The number of amides is 2. The molecule has 0 saturated heterocycles. The van der Waals surface area contributed by atoms with Crippen LogP contribution < -0.4 is 10.6 Å². The van der Waals surface area contributed by atoms with Gasteiger partial charge in [0.2, 0.25) is 5.91 Å². The van der Waals surface area contributed by atoms with Crippen LogP contribution >= 0.6 is 34.8 Å². The van der Waals surface area contributed by atoms with Crippen LogP contribution in [-0.4, -0.2) is 17.9 Å². The van der Waals surface area contributed by atoms with Gasteiger partial charge in [0.1, 0.15) is 6.04 Å². The van der Waals surface area contributed by atoms with Crippen molar-refractivity contribution in [2.45, 2.75) is 19.5 Å². The Morgan fingerprint density at radius 3 is 2.25 bits per heavy atom. The maximum absolute atomic E-state index is 12.1. The number of halogens is 3. The van der Waals surface area contributed by atoms with E-state index in [4.69, 9.17) is 34.8 Å². The van der Waals surface area contributed by atoms with Crippen LogP contribution in [0.2, 0.25) is 15.1 Å². The van der Waals surface area contributed by atoms with Crippen molar-refractivity contribution in [3.8, 4) is 0 Å². The Morgan fingerprint density at radius 2 is 1.62 bits per heavy atom. The summed E-state index contributed by atoms with van der Waals surface area (Å²) in [6, 6.07) is 10.8. The van der Waals surface area contributed by atoms with Gasteiger partial charge in [0.25, 0.3) is 5.91 Å². The highest BCUT2D eigenvalue weighted by Gasteiger charge is 2.16. The normalized spacial score (nSPS) is 11.7. The van der Waals surface area contributed by atoms with Crippen molar-refractivity contribution in [1.29, 1.82) is 0 Å². The minimum absolute atomic E-state index is 0.246. The number of hydrogen-bond donors (Lipinski definition) is 2. The number of rotatable bonds is 5. The molecule has 1 unspecified atom stereocenters. The van der Waals surface area contributed by atoms with Gasteiger partial charge in [0.15, 0.2) is 0 Å². The standard InChI is InChI=1S/C17H15Cl3N2O2/c1-10(22-17(24)11-2-5-13(18)6-3-11)16(23)21-9-12-4-7-14(19)8-15(12)20/h2-8,10H,9H2,1H3,(H,21,23)(H,22,24). The molecule has 0 aliphatic rings. The van der Waals surface area contributed by atoms with Gasteiger partial charge in [-0.2, -0.15) is 0 Å². The van der Waals surface area contributed by atoms with Crippen molar-refractivity contribution in [3.05, 3.63) is 68.7 Å². The van der Waals surface area contributed by atoms with Crippen molar-refractivity contribution in [2.75, 3.05) is 0 Å². The van der Waals surface area contributed by atoms with Crippen LogP contribution in [0.15, 0.2) is 42.5 Å². The lowest BCUT2D eigenvalue weighted by molar-refractivity contribution is -0.122. The van der Waals surface area contributed by atoms with E-state index in [1.165, 1.54) is 0 Å². The zero-order chi connectivity index (χ0) is 17.7. The van der Waals surface area contributed by atoms with E-state index < -0.39 is 6.04 Å². The third-order valence-electron chi connectivity index (χ3n) is 3.32. The van der Waals surface area contributed by atoms with Crippen molar-refractivity contribution in [3.63, 3.8) is 0 Å². The van der Waals surface area contributed by atoms with Crippen LogP contribution in [0.5, 0.6) is 0 Å². The Kier molecular flexibility index (Phi) is 6.49. The van der Waals surface area contributed by atoms with Crippen LogP contribution in [-0.2, 0) is 11.3 Å². The van der Waals surface area contributed by atoms with Gasteiger partial charge in [-0.1, -0.05) is 40.9 Å². The molecule has 0 aliphatic carbocycles. The van der Waals surface area contributed by atoms with Crippen LogP contribution in [0, 0.1) is 0 Å². The Hall–Kier alpha value is -1.75. The average Bonchev–Trinajstić information content (AvgIpc) is 2.54. The van der Waals surface area contributed by atoms with Gasteiger partial charge >= 0.3 is 0 Å². The van der Waals surface area contributed by atoms with E-state index in [-0.39, 0.29) is 18.4 Å². The molecule has 2 rings (SSSR count). The third-order valence-corrected chi connectivity index (χ3v) is 4.15. The molecule has 1 atom stereocenters. The molecule has 0 aromatic heterocycles. The van der Waals surface area contributed by atoms with Crippen molar-refractivity contribution < 1.29 is 9.59 Å². The van der Waals surface area contributed by atoms with Crippen molar-refractivity contribution in [2.24, 2.45) is 0 Å². The number of hydrogen-bond acceptors (Lipinski definition) is 2. The van der Waals surface area contributed by atoms with Gasteiger partial charge in [-0.25, -0.2) is 0 Å². The third kappa shape index (κ3) is 5.13. The number of nitrogens with one attached hydrogen (secondary N) is 2. The molecule has 7 heteroatoms. The summed E-state index contributed by atoms with van der Waals surface area (Å²) >= 11 is 17.7. The van der Waals surface area contributed by atoms with E-state index in [0.29, 0.717) is 20.6 Å². The molecule has 0 aliphatic heterocycles. The number of carbonyl (C=O) groups excluding carboxylic acids is 2. The molecule has 24 heavy (non-hydrogen) atoms. The number of carbonyl (C=O) groups is 2. The Balaban J connectivity index is 1.89. The van der Waals surface area contributed by atoms with Crippen molar-refractivity contribution >= 4 is 46.6 Å². The Morgan fingerprint density at radius 1 is 1.00 bits per heavy atom. The van der Waals surface area contributed by atoms with Gasteiger partial charge in [0.05, 0.1) is 0 Å². The molecule has 2 N–H and O–H groups in total. The maximum Gasteiger partial charge on any atom is 0.251 e. The van der Waals surface area contributed by atoms with Crippen LogP contribution in [0.25, 0.3) is 0 Å². The van der Waals surface area contributed by atoms with Gasteiger partial charge in [-0.05, 0) is 48.9 Å². The summed E-state index contributed by atoms with van der Waals surface area (Å²) in [6.07, 6.45) is 0. The van der Waals surface area contributed by atoms with Gasteiger partial charge in [0, 0.05) is 27.2 Å². The molecule has 2 aromatic carbocycles. The highest BCUT2D eigenvalue weighted by Crippen LogP contribution is 2.20. The highest BCUT2D eigenvalue weighted by molar-refractivity contribution is 6.35. The quantitative estimate of drug-likeness (QED) is 0.814. The highest BCUT2D eigenvalue weighted by atomic mass is 35.5. The second-order valence-corrected chi connectivity index (χ2v) is 6.44. The van der Waals surface area contributed by atoms with E-state index >= 15 is 0 Å². The monoisotopic (exact) mass is 384 g/mol. The summed E-state index contributed by atoms with van der Waals surface area (Å²) in [6.45, 7) is 1.85. The molecule has 0 spiro atoms. The second kappa shape index (κ2) is 8.38. The lowest BCUT2D eigenvalue weighted by atomic mass is 10.2. The predicted molar refractivity (Wildman–Crippen MR) is 96.7 cm³/mol. The summed E-state index contributed by atoms with van der Waals surface area (Å²) in [5.41, 5.74) is 1.17. The first-order chi connectivity index (χ1) is 11.4. The van der Waals surface area contributed by atoms with Gasteiger partial charge < -0.3 is 10.6 Å². The molecule has 0 bridgehead atoms. The fourth-order valence-electron chi connectivity index (χ4n) is 1.95. The molecule has 4 nitrogen and oxygen atoms in total. The smallest absolute Gasteiger partial charge is 0.251 e. The summed E-state index contributed by atoms with van der Waals surface area (Å²) in [5, 5.41) is 6.89. The Bertz CT molecular complexity index is 748. The van der Waals surface area contributed by atoms with Crippen LogP contribution in [0.3, 0.4) is 0 Å². The lowest BCUT2D eigenvalue weighted by Crippen LogP contribution is -2.44. The second-order valence-electron chi connectivity index (χ2n) is 5.16. The molecule has 2 amide bonds. The number of benzene rings is 2. The van der Waals surface area contributed by atoms with E-state index in [9.17, 15) is 9.59 Å². The first-order valence-electron chi connectivity index (χ1n) is 7.15. The van der Waals surface area contributed by atoms with Crippen LogP contribution in [0.4, 0.5) is 0 Å². The summed E-state index contributed by atoms with van der Waals surface area (Å²) in [4.78, 5) is 24.2. The predicted octanol–water partition coefficient (Wildman–Crippen LogP) is 4.08. The van der Waals surface area contributed by atoms with E-state index in [1.807, 2.05) is 0 Å². The molecule has 0 saturated carbocycles. The lowest BCUT2D eigenvalue weighted by Gasteiger charge is -2.15. The van der Waals surface area contributed by atoms with Crippen molar-refractivity contribution in [1.82, 2.24) is 10.6 Å². The fourth-order valence-corrected chi connectivity index (χ4v) is 2.55. The maximum atomic E-state index is 12.1. The minimum atomic E-state index is -0.695. The molecule has 0 radical (unpaired) electrons. The minimum Gasteiger partial charge on any atom is -0.350 e. The first-order valence-corrected chi connectivity index (χ1v) is 8.28. The fraction of sp³-hybridized carbons (Fsp3) is 0.176. The van der Waals surface area contributed by atoms with E-state index in [0.717, 1.165) is 5.56 Å². The van der Waals surface area contributed by atoms with Crippen LogP contribution in [0.1, 0.15) is 22.8 Å². The Labute approximate surface area is 155 Å². The topological polar surface area (TPSA) is 58.2 Å².